The summed E-state index contributed by atoms with van der Waals surface area (Å²) in [6, 6.07) is 21.1. The molecule has 0 spiro atoms. The van der Waals surface area contributed by atoms with Gasteiger partial charge in [0.2, 0.25) is 0 Å². The van der Waals surface area contributed by atoms with Crippen molar-refractivity contribution in [2.24, 2.45) is 0 Å². The van der Waals surface area contributed by atoms with Gasteiger partial charge in [-0.05, 0) is 11.1 Å². The third-order valence-electron chi connectivity index (χ3n) is 2.78. The quantitative estimate of drug-likeness (QED) is 0.442. The van der Waals surface area contributed by atoms with Crippen molar-refractivity contribution in [2.75, 3.05) is 0 Å². The van der Waals surface area contributed by atoms with Gasteiger partial charge in [-0.15, -0.1) is 0 Å². The molecule has 22 heavy (non-hydrogen) atoms. The van der Waals surface area contributed by atoms with Crippen LogP contribution in [0.3, 0.4) is 0 Å². The smallest absolute Gasteiger partial charge is 0 e. The third kappa shape index (κ3) is 5.61. The Kier molecular flexibility index (Phi) is 11.0. The fraction of sp³-hybridized carbons (Fsp3) is 0. The molecule has 0 aliphatic carbocycles. The molecular formula is C18H12CoO2P. The first-order valence-electron chi connectivity index (χ1n) is 6.09. The van der Waals surface area contributed by atoms with Crippen molar-refractivity contribution in [3.63, 3.8) is 0 Å². The normalized spacial score (nSPS) is 12.5. The van der Waals surface area contributed by atoms with Gasteiger partial charge in [0.05, 0.1) is 5.66 Å². The second kappa shape index (κ2) is 11.9. The molecule has 0 atom stereocenters. The molecule has 0 saturated heterocycles. The van der Waals surface area contributed by atoms with E-state index in [1.807, 2.05) is 0 Å². The zero-order chi connectivity index (χ0) is 15.5. The minimum Gasteiger partial charge on any atom is 0 e. The molecule has 2 aromatic carbocycles. The van der Waals surface area contributed by atoms with Crippen LogP contribution < -0.4 is 0 Å². The fourth-order valence-electron chi connectivity index (χ4n) is 1.90. The van der Waals surface area contributed by atoms with Crippen LogP contribution in [0.5, 0.6) is 0 Å². The molecule has 1 heterocycles. The molecule has 2 aromatic rings. The molecule has 2 radical (unpaired) electrons. The molecule has 2 nitrogen and oxygen atoms in total. The summed E-state index contributed by atoms with van der Waals surface area (Å²) >= 11 is 0. The molecule has 0 bridgehead atoms. The van der Waals surface area contributed by atoms with Crippen LogP contribution in [0.2, 0.25) is 0 Å². The zero-order valence-electron chi connectivity index (χ0n) is 11.5. The monoisotopic (exact) mass is 350 g/mol. The van der Waals surface area contributed by atoms with E-state index in [9.17, 15) is 0 Å². The molecule has 1 aliphatic heterocycles. The maximum Gasteiger partial charge on any atom is 0 e. The van der Waals surface area contributed by atoms with E-state index in [0.29, 0.717) is 0 Å². The Morgan fingerprint density at radius 2 is 1.09 bits per heavy atom. The third-order valence-corrected chi connectivity index (χ3v) is 4.08. The van der Waals surface area contributed by atoms with E-state index in [0.717, 1.165) is 0 Å². The van der Waals surface area contributed by atoms with Gasteiger partial charge in [-0.2, -0.15) is 0 Å². The Bertz CT molecular complexity index is 640. The Morgan fingerprint density at radius 3 is 1.59 bits per heavy atom. The maximum atomic E-state index is 7.50. The molecule has 110 valence electrons. The van der Waals surface area contributed by atoms with Crippen LogP contribution in [0, 0.1) is 19.0 Å². The Morgan fingerprint density at radius 1 is 0.636 bits per heavy atom. The van der Waals surface area contributed by atoms with Gasteiger partial charge in [0.25, 0.3) is 0 Å². The number of rotatable bonds is 2. The summed E-state index contributed by atoms with van der Waals surface area (Å²) in [5.41, 5.74) is 4.01. The molecule has 0 unspecified atom stereocenters. The van der Waals surface area contributed by atoms with E-state index in [1.54, 1.807) is 0 Å². The first-order valence-corrected chi connectivity index (χ1v) is 6.98. The summed E-state index contributed by atoms with van der Waals surface area (Å²) in [7, 11) is 1.30. The van der Waals surface area contributed by atoms with Crippen molar-refractivity contribution in [1.29, 1.82) is 0 Å². The Balaban J connectivity index is 0.000000819. The molecule has 1 aliphatic rings. The van der Waals surface area contributed by atoms with Gasteiger partial charge in [0.1, 0.15) is 0 Å². The number of hydrogen-bond donors (Lipinski definition) is 0. The molecule has 0 aromatic heterocycles. The Hall–Kier alpha value is -1.66. The molecule has 0 amide bonds. The van der Waals surface area contributed by atoms with Crippen molar-refractivity contribution in [3.05, 3.63) is 103 Å². The van der Waals surface area contributed by atoms with E-state index in [-0.39, 0.29) is 16.8 Å². The minimum atomic E-state index is 0. The second-order valence-corrected chi connectivity index (χ2v) is 5.13. The largest absolute Gasteiger partial charge is 0 e. The van der Waals surface area contributed by atoms with Gasteiger partial charge in [-0.1, -0.05) is 81.0 Å². The van der Waals surface area contributed by atoms with Gasteiger partial charge in [0.15, 0.2) is 0 Å². The van der Waals surface area contributed by atoms with Crippen molar-refractivity contribution in [1.82, 2.24) is 0 Å². The molecular weight excluding hydrogens is 338 g/mol. The van der Waals surface area contributed by atoms with Crippen LogP contribution in [0.1, 0.15) is 11.1 Å². The second-order valence-electron chi connectivity index (χ2n) is 3.95. The summed E-state index contributed by atoms with van der Waals surface area (Å²) in [6.07, 6.45) is 4.44. The number of allylic oxidation sites excluding steroid dienone is 2. The molecule has 3 rings (SSSR count). The van der Waals surface area contributed by atoms with Crippen LogP contribution in [-0.2, 0) is 26.1 Å². The Labute approximate surface area is 142 Å². The van der Waals surface area contributed by atoms with Gasteiger partial charge >= 0.3 is 22.6 Å². The first-order chi connectivity index (χ1) is 10.4. The number of benzene rings is 2. The van der Waals surface area contributed by atoms with Gasteiger partial charge in [-0.3, -0.25) is 0 Å². The summed E-state index contributed by atoms with van der Waals surface area (Å²) < 4.78 is 15.0. The predicted molar refractivity (Wildman–Crippen MR) is 83.3 cm³/mol. The zero-order valence-corrected chi connectivity index (χ0v) is 13.5. The van der Waals surface area contributed by atoms with Crippen molar-refractivity contribution in [2.45, 2.75) is 0 Å². The van der Waals surface area contributed by atoms with Crippen LogP contribution in [0.25, 0.3) is 0 Å². The van der Waals surface area contributed by atoms with Crippen LogP contribution in [-0.4, -0.2) is 5.29 Å². The molecule has 0 N–H and O–H groups in total. The topological polar surface area (TPSA) is 39.8 Å². The van der Waals surface area contributed by atoms with Gasteiger partial charge < -0.3 is 0 Å². The standard InChI is InChI=1S/C16H12P.2CO.Co/c1-3-7-13(8-4-1)15-11-12-16(17-15)14-9-5-2-6-10-14;2*1-2;/h1-12H;;;. The van der Waals surface area contributed by atoms with E-state index in [4.69, 9.17) is 9.30 Å². The first kappa shape index (κ1) is 20.3. The van der Waals surface area contributed by atoms with E-state index < -0.39 is 0 Å². The number of hydrogen-bond acceptors (Lipinski definition) is 0. The van der Waals surface area contributed by atoms with E-state index in [2.05, 4.69) is 86.1 Å². The van der Waals surface area contributed by atoms with E-state index in [1.165, 1.54) is 30.3 Å². The summed E-state index contributed by atoms with van der Waals surface area (Å²) in [4.78, 5) is 0. The van der Waals surface area contributed by atoms with Gasteiger partial charge in [-0.25, -0.2) is 0 Å². The average Bonchev–Trinajstić information content (AvgIpc) is 3.10. The maximum absolute atomic E-state index is 7.50. The van der Waals surface area contributed by atoms with Gasteiger partial charge in [0, 0.05) is 22.1 Å². The van der Waals surface area contributed by atoms with Crippen LogP contribution in [0.15, 0.2) is 72.8 Å². The van der Waals surface area contributed by atoms with Crippen molar-refractivity contribution >= 4 is 13.5 Å². The van der Waals surface area contributed by atoms with Crippen LogP contribution >= 0.6 is 8.20 Å². The SMILES string of the molecule is C1=CC(c2ccccc2)=P[C]1c1ccccc1.[C-]#[O+].[C-]#[O+].[Co]. The van der Waals surface area contributed by atoms with Crippen molar-refractivity contribution in [3.8, 4) is 0 Å². The summed E-state index contributed by atoms with van der Waals surface area (Å²) in [5.74, 6) is 0. The summed E-state index contributed by atoms with van der Waals surface area (Å²) in [5, 5.41) is 1.38. The average molecular weight is 350 g/mol. The predicted octanol–water partition coefficient (Wildman–Crippen LogP) is 4.23. The molecule has 0 saturated carbocycles. The summed E-state index contributed by atoms with van der Waals surface area (Å²) in [6.45, 7) is 9.00. The van der Waals surface area contributed by atoms with Crippen LogP contribution in [0.4, 0.5) is 0 Å². The van der Waals surface area contributed by atoms with Crippen molar-refractivity contribution < 1.29 is 26.1 Å². The molecule has 4 heteroatoms. The fourth-order valence-corrected chi connectivity index (χ4v) is 3.02. The minimum absolute atomic E-state index is 0. The van der Waals surface area contributed by atoms with E-state index >= 15 is 0 Å². The molecule has 0 fully saturated rings.